The Balaban J connectivity index is 5.40. The first-order chi connectivity index (χ1) is 11.2. The molecule has 0 amide bonds. The van der Waals surface area contributed by atoms with Gasteiger partial charge in [-0.25, -0.2) is 4.79 Å². The van der Waals surface area contributed by atoms with E-state index in [2.05, 4.69) is 4.74 Å². The molecule has 0 heterocycles. The van der Waals surface area contributed by atoms with E-state index in [0.717, 1.165) is 6.26 Å². The Bertz CT molecular complexity index is 534. The fraction of sp³-hybridized carbons (Fsp3) is 0.800. The van der Waals surface area contributed by atoms with Crippen LogP contribution in [0.2, 0.25) is 18.1 Å². The summed E-state index contributed by atoms with van der Waals surface area (Å²) in [5.74, 6) is -2.41. The molecule has 0 aliphatic rings. The van der Waals surface area contributed by atoms with Crippen molar-refractivity contribution < 1.29 is 45.4 Å². The van der Waals surface area contributed by atoms with Gasteiger partial charge < -0.3 is 14.3 Å². The summed E-state index contributed by atoms with van der Waals surface area (Å²) < 4.78 is 84.7. The summed E-state index contributed by atoms with van der Waals surface area (Å²) in [6, 6.07) is 0. The lowest BCUT2D eigenvalue weighted by Gasteiger charge is -2.35. The Hall–Kier alpha value is -1.23. The summed E-state index contributed by atoms with van der Waals surface area (Å²) in [6.07, 6.45) is -10.8. The highest BCUT2D eigenvalue weighted by atomic mass is 28.4. The molecule has 0 spiro atoms. The van der Waals surface area contributed by atoms with Crippen LogP contribution in [0.4, 0.5) is 26.3 Å². The average molecular weight is 410 g/mol. The number of rotatable bonds is 6. The van der Waals surface area contributed by atoms with E-state index in [9.17, 15) is 36.2 Å². The van der Waals surface area contributed by atoms with Crippen molar-refractivity contribution in [3.8, 4) is 0 Å². The molecule has 4 nitrogen and oxygen atoms in total. The predicted molar refractivity (Wildman–Crippen MR) is 84.7 cm³/mol. The SMILES string of the molecule is C/C(=C\O[Si](C)(C)C(C)(C)C)CC(O)(C(=O)OCC(F)(F)F)C(F)(F)F. The third-order valence-corrected chi connectivity index (χ3v) is 8.39. The first kappa shape index (κ1) is 24.8. The summed E-state index contributed by atoms with van der Waals surface area (Å²) >= 11 is 0. The van der Waals surface area contributed by atoms with Gasteiger partial charge in [-0.2, -0.15) is 26.3 Å². The Morgan fingerprint density at radius 3 is 1.88 bits per heavy atom. The van der Waals surface area contributed by atoms with E-state index in [1.165, 1.54) is 6.92 Å². The predicted octanol–water partition coefficient (Wildman–Crippen LogP) is 4.70. The molecule has 0 bridgehead atoms. The highest BCUT2D eigenvalue weighted by Gasteiger charge is 2.61. The molecule has 0 saturated carbocycles. The van der Waals surface area contributed by atoms with Crippen molar-refractivity contribution in [1.29, 1.82) is 0 Å². The number of hydrogen-bond donors (Lipinski definition) is 1. The number of alkyl halides is 6. The van der Waals surface area contributed by atoms with Gasteiger partial charge in [-0.15, -0.1) is 0 Å². The minimum absolute atomic E-state index is 0.168. The van der Waals surface area contributed by atoms with E-state index in [0.29, 0.717) is 0 Å². The van der Waals surface area contributed by atoms with Crippen molar-refractivity contribution in [2.24, 2.45) is 0 Å². The topological polar surface area (TPSA) is 55.8 Å². The number of esters is 1. The highest BCUT2D eigenvalue weighted by molar-refractivity contribution is 6.74. The van der Waals surface area contributed by atoms with Crippen molar-refractivity contribution >= 4 is 14.3 Å². The largest absolute Gasteiger partial charge is 0.549 e. The molecule has 0 saturated heterocycles. The van der Waals surface area contributed by atoms with Crippen LogP contribution in [-0.4, -0.2) is 44.0 Å². The van der Waals surface area contributed by atoms with Crippen LogP contribution in [0.15, 0.2) is 11.8 Å². The standard InChI is InChI=1S/C15H24F6O4Si/c1-10(8-25-26(5,6)12(2,3)4)7-13(23,15(19,20)21)11(22)24-9-14(16,17)18/h8,23H,7,9H2,1-6H3/b10-8+. The second kappa shape index (κ2) is 7.79. The zero-order valence-electron chi connectivity index (χ0n) is 15.4. The van der Waals surface area contributed by atoms with Gasteiger partial charge in [0.05, 0.1) is 6.26 Å². The fourth-order valence-electron chi connectivity index (χ4n) is 1.42. The Kier molecular flexibility index (Phi) is 7.42. The number of aliphatic hydroxyl groups is 1. The van der Waals surface area contributed by atoms with E-state index in [4.69, 9.17) is 4.43 Å². The van der Waals surface area contributed by atoms with Crippen LogP contribution >= 0.6 is 0 Å². The number of hydrogen-bond acceptors (Lipinski definition) is 4. The minimum Gasteiger partial charge on any atom is -0.549 e. The second-order valence-corrected chi connectivity index (χ2v) is 12.3. The van der Waals surface area contributed by atoms with Crippen molar-refractivity contribution in [3.63, 3.8) is 0 Å². The van der Waals surface area contributed by atoms with Gasteiger partial charge >= 0.3 is 18.3 Å². The van der Waals surface area contributed by atoms with E-state index in [1.807, 2.05) is 33.9 Å². The van der Waals surface area contributed by atoms with E-state index in [-0.39, 0.29) is 10.6 Å². The van der Waals surface area contributed by atoms with E-state index < -0.39 is 45.3 Å². The third-order valence-electron chi connectivity index (χ3n) is 4.07. The molecule has 0 fully saturated rings. The van der Waals surface area contributed by atoms with Gasteiger partial charge in [0.1, 0.15) is 0 Å². The zero-order chi connectivity index (χ0) is 21.2. The average Bonchev–Trinajstić information content (AvgIpc) is 2.39. The zero-order valence-corrected chi connectivity index (χ0v) is 16.4. The van der Waals surface area contributed by atoms with Crippen molar-refractivity contribution in [2.75, 3.05) is 6.61 Å². The van der Waals surface area contributed by atoms with Gasteiger partial charge in [-0.3, -0.25) is 0 Å². The normalized spacial score (nSPS) is 16.9. The van der Waals surface area contributed by atoms with Crippen LogP contribution < -0.4 is 0 Å². The molecular formula is C15H24F6O4Si. The molecule has 1 unspecified atom stereocenters. The molecule has 0 radical (unpaired) electrons. The molecule has 11 heteroatoms. The lowest BCUT2D eigenvalue weighted by atomic mass is 9.95. The van der Waals surface area contributed by atoms with Crippen LogP contribution in [0.1, 0.15) is 34.1 Å². The molecule has 26 heavy (non-hydrogen) atoms. The van der Waals surface area contributed by atoms with Gasteiger partial charge in [0.25, 0.3) is 5.60 Å². The molecule has 0 aromatic carbocycles. The van der Waals surface area contributed by atoms with Crippen LogP contribution in [0.25, 0.3) is 0 Å². The lowest BCUT2D eigenvalue weighted by Crippen LogP contribution is -2.53. The first-order valence-electron chi connectivity index (χ1n) is 7.59. The van der Waals surface area contributed by atoms with Crippen LogP contribution in [-0.2, 0) is 14.0 Å². The fourth-order valence-corrected chi connectivity index (χ4v) is 2.27. The molecule has 1 N–H and O–H groups in total. The van der Waals surface area contributed by atoms with Gasteiger partial charge in [0, 0.05) is 6.42 Å². The summed E-state index contributed by atoms with van der Waals surface area (Å²) in [5.41, 5.74) is -4.27. The van der Waals surface area contributed by atoms with Crippen molar-refractivity contribution in [2.45, 2.75) is 70.2 Å². The molecule has 154 valence electrons. The van der Waals surface area contributed by atoms with Gasteiger partial charge in [0.2, 0.25) is 8.32 Å². The molecule has 0 rings (SSSR count). The highest BCUT2D eigenvalue weighted by Crippen LogP contribution is 2.39. The molecule has 0 aromatic rings. The van der Waals surface area contributed by atoms with Crippen LogP contribution in [0.3, 0.4) is 0 Å². The Labute approximate surface area is 149 Å². The number of carbonyl (C=O) groups excluding carboxylic acids is 1. The first-order valence-corrected chi connectivity index (χ1v) is 10.5. The number of halogens is 6. The second-order valence-electron chi connectivity index (χ2n) is 7.57. The maximum atomic E-state index is 13.1. The van der Waals surface area contributed by atoms with Crippen LogP contribution in [0, 0.1) is 0 Å². The number of ether oxygens (including phenoxy) is 1. The Morgan fingerprint density at radius 1 is 1.08 bits per heavy atom. The van der Waals surface area contributed by atoms with Gasteiger partial charge in [0.15, 0.2) is 6.61 Å². The van der Waals surface area contributed by atoms with Gasteiger partial charge in [-0.05, 0) is 30.6 Å². The smallest absolute Gasteiger partial charge is 0.428 e. The molecular weight excluding hydrogens is 386 g/mol. The summed E-state index contributed by atoms with van der Waals surface area (Å²) in [5, 5.41) is 9.47. The molecule has 0 aliphatic heterocycles. The molecule has 0 aliphatic carbocycles. The summed E-state index contributed by atoms with van der Waals surface area (Å²) in [7, 11) is -2.36. The maximum absolute atomic E-state index is 13.1. The number of carbonyl (C=O) groups is 1. The molecule has 0 aromatic heterocycles. The van der Waals surface area contributed by atoms with Crippen LogP contribution in [0.5, 0.6) is 0 Å². The summed E-state index contributed by atoms with van der Waals surface area (Å²) in [4.78, 5) is 11.5. The monoisotopic (exact) mass is 410 g/mol. The minimum atomic E-state index is -5.53. The molecule has 1 atom stereocenters. The Morgan fingerprint density at radius 2 is 1.54 bits per heavy atom. The van der Waals surface area contributed by atoms with Crippen molar-refractivity contribution in [3.05, 3.63) is 11.8 Å². The van der Waals surface area contributed by atoms with Crippen molar-refractivity contribution in [1.82, 2.24) is 0 Å². The van der Waals surface area contributed by atoms with E-state index in [1.54, 1.807) is 0 Å². The lowest BCUT2D eigenvalue weighted by molar-refractivity contribution is -0.268. The van der Waals surface area contributed by atoms with E-state index >= 15 is 0 Å². The third kappa shape index (κ3) is 6.82. The maximum Gasteiger partial charge on any atom is 0.428 e. The van der Waals surface area contributed by atoms with Gasteiger partial charge in [-0.1, -0.05) is 20.8 Å². The summed E-state index contributed by atoms with van der Waals surface area (Å²) in [6.45, 7) is 8.26. The quantitative estimate of drug-likeness (QED) is 0.298.